The van der Waals surface area contributed by atoms with E-state index in [1.807, 2.05) is 18.2 Å². The summed E-state index contributed by atoms with van der Waals surface area (Å²) in [6.07, 6.45) is 0. The van der Waals surface area contributed by atoms with E-state index < -0.39 is 0 Å². The molecule has 1 heterocycles. The highest BCUT2D eigenvalue weighted by Gasteiger charge is 2.23. The molecule has 4 nitrogen and oxygen atoms in total. The number of para-hydroxylation sites is 1. The summed E-state index contributed by atoms with van der Waals surface area (Å²) in [5, 5.41) is 1.13. The van der Waals surface area contributed by atoms with Crippen molar-refractivity contribution in [3.63, 3.8) is 0 Å². The summed E-state index contributed by atoms with van der Waals surface area (Å²) >= 11 is 0. The lowest BCUT2D eigenvalue weighted by molar-refractivity contribution is 0.104. The van der Waals surface area contributed by atoms with Gasteiger partial charge >= 0.3 is 0 Å². The molecule has 0 amide bonds. The molecule has 0 radical (unpaired) electrons. The van der Waals surface area contributed by atoms with E-state index in [4.69, 9.17) is 14.9 Å². The number of nitrogens with zero attached hydrogens (tertiary/aromatic N) is 1. The van der Waals surface area contributed by atoms with Gasteiger partial charge in [-0.05, 0) is 18.1 Å². The molecule has 0 fully saturated rings. The van der Waals surface area contributed by atoms with Crippen molar-refractivity contribution < 1.29 is 9.15 Å². The minimum atomic E-state index is 0.0925. The van der Waals surface area contributed by atoms with Gasteiger partial charge in [0.05, 0.1) is 12.6 Å². The van der Waals surface area contributed by atoms with Crippen LogP contribution in [0.1, 0.15) is 25.6 Å². The predicted molar refractivity (Wildman–Crippen MR) is 86.3 cm³/mol. The van der Waals surface area contributed by atoms with Gasteiger partial charge in [-0.3, -0.25) is 4.90 Å². The fourth-order valence-electron chi connectivity index (χ4n) is 2.66. The number of hydrogen-bond acceptors (Lipinski definition) is 4. The maximum absolute atomic E-state index is 6.03. The molecule has 1 aromatic heterocycles. The maximum Gasteiger partial charge on any atom is 0.134 e. The van der Waals surface area contributed by atoms with Gasteiger partial charge in [0.1, 0.15) is 11.3 Å². The van der Waals surface area contributed by atoms with E-state index in [1.54, 1.807) is 7.11 Å². The molecule has 21 heavy (non-hydrogen) atoms. The monoisotopic (exact) mass is 290 g/mol. The van der Waals surface area contributed by atoms with E-state index in [9.17, 15) is 0 Å². The molecule has 1 unspecified atom stereocenters. The zero-order valence-electron chi connectivity index (χ0n) is 13.2. The number of rotatable bonds is 8. The van der Waals surface area contributed by atoms with Gasteiger partial charge in [-0.1, -0.05) is 32.0 Å². The summed E-state index contributed by atoms with van der Waals surface area (Å²) in [5.41, 5.74) is 6.95. The molecule has 0 saturated heterocycles. The Hall–Kier alpha value is -1.36. The summed E-state index contributed by atoms with van der Waals surface area (Å²) in [4.78, 5) is 2.35. The third kappa shape index (κ3) is 4.06. The van der Waals surface area contributed by atoms with Crippen LogP contribution < -0.4 is 5.73 Å². The maximum atomic E-state index is 6.03. The van der Waals surface area contributed by atoms with Gasteiger partial charge < -0.3 is 14.9 Å². The number of furan rings is 1. The van der Waals surface area contributed by atoms with Crippen molar-refractivity contribution in [2.75, 3.05) is 33.4 Å². The van der Waals surface area contributed by atoms with Crippen molar-refractivity contribution in [2.24, 2.45) is 11.7 Å². The summed E-state index contributed by atoms with van der Waals surface area (Å²) in [7, 11) is 1.73. The van der Waals surface area contributed by atoms with E-state index in [1.165, 1.54) is 0 Å². The molecule has 2 aromatic rings. The summed E-state index contributed by atoms with van der Waals surface area (Å²) in [6, 6.07) is 10.3. The highest BCUT2D eigenvalue weighted by molar-refractivity contribution is 5.77. The van der Waals surface area contributed by atoms with Crippen LogP contribution in [0.2, 0.25) is 0 Å². The quantitative estimate of drug-likeness (QED) is 0.812. The molecular formula is C17H26N2O2. The zero-order valence-corrected chi connectivity index (χ0v) is 13.2. The molecule has 116 valence electrons. The lowest BCUT2D eigenvalue weighted by Gasteiger charge is -2.30. The molecule has 0 aliphatic carbocycles. The molecular weight excluding hydrogens is 264 g/mol. The van der Waals surface area contributed by atoms with E-state index in [-0.39, 0.29) is 6.04 Å². The van der Waals surface area contributed by atoms with Crippen LogP contribution in [0.5, 0.6) is 0 Å². The van der Waals surface area contributed by atoms with Crippen molar-refractivity contribution >= 4 is 11.0 Å². The average Bonchev–Trinajstić information content (AvgIpc) is 2.88. The summed E-state index contributed by atoms with van der Waals surface area (Å²) in [6.45, 7) is 7.49. The van der Waals surface area contributed by atoms with Crippen LogP contribution in [-0.4, -0.2) is 38.3 Å². The fourth-order valence-corrected chi connectivity index (χ4v) is 2.66. The molecule has 0 aliphatic rings. The van der Waals surface area contributed by atoms with Crippen LogP contribution in [0, 0.1) is 5.92 Å². The third-order valence-electron chi connectivity index (χ3n) is 3.62. The van der Waals surface area contributed by atoms with E-state index >= 15 is 0 Å². The van der Waals surface area contributed by atoms with Crippen LogP contribution in [0.3, 0.4) is 0 Å². The lowest BCUT2D eigenvalue weighted by atomic mass is 10.1. The van der Waals surface area contributed by atoms with Crippen LogP contribution >= 0.6 is 0 Å². The first-order valence-corrected chi connectivity index (χ1v) is 7.57. The van der Waals surface area contributed by atoms with Gasteiger partial charge in [0, 0.05) is 32.1 Å². The lowest BCUT2D eigenvalue weighted by Crippen LogP contribution is -2.38. The molecule has 1 aromatic carbocycles. The Morgan fingerprint density at radius 2 is 2.05 bits per heavy atom. The first-order chi connectivity index (χ1) is 10.2. The minimum Gasteiger partial charge on any atom is -0.459 e. The smallest absolute Gasteiger partial charge is 0.134 e. The van der Waals surface area contributed by atoms with Crippen molar-refractivity contribution in [3.8, 4) is 0 Å². The van der Waals surface area contributed by atoms with Crippen molar-refractivity contribution in [1.29, 1.82) is 0 Å². The molecule has 2 N–H and O–H groups in total. The van der Waals surface area contributed by atoms with Gasteiger partial charge in [-0.25, -0.2) is 0 Å². The molecule has 1 atom stereocenters. The largest absolute Gasteiger partial charge is 0.459 e. The normalized spacial score (nSPS) is 13.4. The SMILES string of the molecule is COCCN(CC(C)C)C(CN)c1cc2ccccc2o1. The van der Waals surface area contributed by atoms with Gasteiger partial charge in [-0.15, -0.1) is 0 Å². The van der Waals surface area contributed by atoms with Crippen molar-refractivity contribution in [2.45, 2.75) is 19.9 Å². The second-order valence-electron chi connectivity index (χ2n) is 5.82. The molecule has 0 bridgehead atoms. The second kappa shape index (κ2) is 7.59. The van der Waals surface area contributed by atoms with Crippen LogP contribution in [-0.2, 0) is 4.74 Å². The predicted octanol–water partition coefficient (Wildman–Crippen LogP) is 3.04. The first kappa shape index (κ1) is 16.0. The van der Waals surface area contributed by atoms with Crippen LogP contribution in [0.4, 0.5) is 0 Å². The molecule has 0 saturated carbocycles. The Kier molecular flexibility index (Phi) is 5.79. The molecule has 2 rings (SSSR count). The van der Waals surface area contributed by atoms with Gasteiger partial charge in [0.2, 0.25) is 0 Å². The van der Waals surface area contributed by atoms with Gasteiger partial charge in [0.15, 0.2) is 0 Å². The minimum absolute atomic E-state index is 0.0925. The Morgan fingerprint density at radius 3 is 2.67 bits per heavy atom. The van der Waals surface area contributed by atoms with E-state index in [2.05, 4.69) is 30.9 Å². The number of nitrogens with two attached hydrogens (primary N) is 1. The van der Waals surface area contributed by atoms with Crippen molar-refractivity contribution in [3.05, 3.63) is 36.1 Å². The van der Waals surface area contributed by atoms with Crippen molar-refractivity contribution in [1.82, 2.24) is 4.90 Å². The highest BCUT2D eigenvalue weighted by atomic mass is 16.5. The Balaban J connectivity index is 2.25. The summed E-state index contributed by atoms with van der Waals surface area (Å²) < 4.78 is 11.2. The molecule has 0 spiro atoms. The Labute approximate surface area is 126 Å². The summed E-state index contributed by atoms with van der Waals surface area (Å²) in [5.74, 6) is 1.51. The number of ether oxygens (including phenoxy) is 1. The van der Waals surface area contributed by atoms with E-state index in [0.717, 1.165) is 29.8 Å². The molecule has 4 heteroatoms. The zero-order chi connectivity index (χ0) is 15.2. The third-order valence-corrected chi connectivity index (χ3v) is 3.62. The van der Waals surface area contributed by atoms with E-state index in [0.29, 0.717) is 19.1 Å². The average molecular weight is 290 g/mol. The number of benzene rings is 1. The topological polar surface area (TPSA) is 51.6 Å². The first-order valence-electron chi connectivity index (χ1n) is 7.57. The Morgan fingerprint density at radius 1 is 1.29 bits per heavy atom. The standard InChI is InChI=1S/C17H26N2O2/c1-13(2)12-19(8-9-20-3)15(11-18)17-10-14-6-4-5-7-16(14)21-17/h4-7,10,13,15H,8-9,11-12,18H2,1-3H3. The Bertz CT molecular complexity index is 517. The number of hydrogen-bond donors (Lipinski definition) is 1. The highest BCUT2D eigenvalue weighted by Crippen LogP contribution is 2.27. The van der Waals surface area contributed by atoms with Crippen LogP contribution in [0.15, 0.2) is 34.7 Å². The number of methoxy groups -OCH3 is 1. The molecule has 0 aliphatic heterocycles. The van der Waals surface area contributed by atoms with Gasteiger partial charge in [0.25, 0.3) is 0 Å². The van der Waals surface area contributed by atoms with Crippen LogP contribution in [0.25, 0.3) is 11.0 Å². The fraction of sp³-hybridized carbons (Fsp3) is 0.529. The second-order valence-corrected chi connectivity index (χ2v) is 5.82. The van der Waals surface area contributed by atoms with Gasteiger partial charge in [-0.2, -0.15) is 0 Å². The number of fused-ring (bicyclic) bond motifs is 1.